The number of benzene rings is 2. The summed E-state index contributed by atoms with van der Waals surface area (Å²) in [5.74, 6) is -0.717. The number of aliphatic hydroxyl groups is 1. The Kier molecular flexibility index (Phi) is 5.04. The van der Waals surface area contributed by atoms with Gasteiger partial charge in [-0.05, 0) is 41.7 Å². The molecule has 2 rings (SSSR count). The number of carbonyl (C=O) groups is 1. The summed E-state index contributed by atoms with van der Waals surface area (Å²) < 4.78 is 53.2. The van der Waals surface area contributed by atoms with E-state index in [9.17, 15) is 27.5 Å². The summed E-state index contributed by atoms with van der Waals surface area (Å²) in [6.07, 6.45) is -4.28. The van der Waals surface area contributed by atoms with Crippen LogP contribution in [0.4, 0.5) is 17.6 Å². The molecule has 0 aliphatic carbocycles. The van der Waals surface area contributed by atoms with Crippen LogP contribution in [0.3, 0.4) is 0 Å². The van der Waals surface area contributed by atoms with Crippen molar-refractivity contribution in [2.45, 2.75) is 38.5 Å². The van der Waals surface area contributed by atoms with Crippen molar-refractivity contribution in [2.75, 3.05) is 0 Å². The molecule has 0 heterocycles. The molecule has 2 aromatic rings. The Morgan fingerprint density at radius 3 is 2.08 bits per heavy atom. The molecule has 0 saturated carbocycles. The summed E-state index contributed by atoms with van der Waals surface area (Å²) in [5, 5.41) is 9.71. The zero-order chi connectivity index (χ0) is 19.0. The summed E-state index contributed by atoms with van der Waals surface area (Å²) >= 11 is 0. The molecule has 0 fully saturated rings. The van der Waals surface area contributed by atoms with Crippen molar-refractivity contribution in [1.29, 1.82) is 0 Å². The minimum atomic E-state index is -4.82. The van der Waals surface area contributed by atoms with Gasteiger partial charge in [-0.25, -0.2) is 4.39 Å². The maximum Gasteiger partial charge on any atom is 0.421 e. The highest BCUT2D eigenvalue weighted by atomic mass is 19.4. The molecule has 0 bridgehead atoms. The quantitative estimate of drug-likeness (QED) is 0.605. The van der Waals surface area contributed by atoms with Gasteiger partial charge < -0.3 is 5.11 Å². The van der Waals surface area contributed by atoms with Crippen molar-refractivity contribution in [3.63, 3.8) is 0 Å². The predicted octanol–water partition coefficient (Wildman–Crippen LogP) is 5.20. The molecule has 2 aromatic carbocycles. The van der Waals surface area contributed by atoms with E-state index in [1.54, 1.807) is 6.07 Å². The summed E-state index contributed by atoms with van der Waals surface area (Å²) in [6, 6.07) is 7.57. The van der Waals surface area contributed by atoms with Gasteiger partial charge in [-0.15, -0.1) is 0 Å². The third-order valence-corrected chi connectivity index (χ3v) is 4.19. The van der Waals surface area contributed by atoms with Crippen LogP contribution in [0, 0.1) is 5.82 Å². The molecule has 25 heavy (non-hydrogen) atoms. The van der Waals surface area contributed by atoms with E-state index in [4.69, 9.17) is 0 Å². The van der Waals surface area contributed by atoms with Gasteiger partial charge in [0.1, 0.15) is 12.1 Å². The van der Waals surface area contributed by atoms with E-state index >= 15 is 0 Å². The third-order valence-electron chi connectivity index (χ3n) is 4.19. The molecule has 0 radical (unpaired) electrons. The number of rotatable bonds is 4. The van der Waals surface area contributed by atoms with Gasteiger partial charge in [-0.1, -0.05) is 38.1 Å². The van der Waals surface area contributed by atoms with Gasteiger partial charge in [0.15, 0.2) is 5.60 Å². The van der Waals surface area contributed by atoms with E-state index in [0.717, 1.165) is 18.2 Å². The normalized spacial score (nSPS) is 14.4. The summed E-state index contributed by atoms with van der Waals surface area (Å²) in [5.41, 5.74) is -1.94. The van der Waals surface area contributed by atoms with Crippen LogP contribution in [0.1, 0.15) is 48.2 Å². The zero-order valence-electron chi connectivity index (χ0n) is 14.0. The van der Waals surface area contributed by atoms with Gasteiger partial charge in [0.25, 0.3) is 0 Å². The Bertz CT molecular complexity index is 775. The third kappa shape index (κ3) is 3.58. The molecule has 1 unspecified atom stereocenters. The van der Waals surface area contributed by atoms with Crippen molar-refractivity contribution in [3.8, 4) is 11.1 Å². The van der Waals surface area contributed by atoms with Crippen LogP contribution in [-0.4, -0.2) is 17.6 Å². The lowest BCUT2D eigenvalue weighted by Crippen LogP contribution is -2.39. The Labute approximate surface area is 143 Å². The van der Waals surface area contributed by atoms with Gasteiger partial charge in [0, 0.05) is 11.1 Å². The molecule has 6 heteroatoms. The van der Waals surface area contributed by atoms with Gasteiger partial charge in [-0.2, -0.15) is 13.2 Å². The van der Waals surface area contributed by atoms with E-state index < -0.39 is 17.6 Å². The number of halogens is 4. The maximum atomic E-state index is 14.5. The lowest BCUT2D eigenvalue weighted by Gasteiger charge is -2.27. The maximum absolute atomic E-state index is 14.5. The van der Waals surface area contributed by atoms with Crippen molar-refractivity contribution >= 4 is 6.29 Å². The molecule has 2 nitrogen and oxygen atoms in total. The first-order valence-corrected chi connectivity index (χ1v) is 7.67. The van der Waals surface area contributed by atoms with E-state index in [1.165, 1.54) is 12.1 Å². The van der Waals surface area contributed by atoms with Crippen LogP contribution in [0.2, 0.25) is 0 Å². The largest absolute Gasteiger partial charge is 0.421 e. The van der Waals surface area contributed by atoms with E-state index in [0.29, 0.717) is 24.3 Å². The fourth-order valence-electron chi connectivity index (χ4n) is 2.60. The van der Waals surface area contributed by atoms with E-state index in [2.05, 4.69) is 0 Å². The fraction of sp³-hybridized carbons (Fsp3) is 0.316. The van der Waals surface area contributed by atoms with Crippen LogP contribution < -0.4 is 0 Å². The first-order chi connectivity index (χ1) is 11.5. The monoisotopic (exact) mass is 354 g/mol. The summed E-state index contributed by atoms with van der Waals surface area (Å²) in [4.78, 5) is 10.9. The standard InChI is InChI=1S/C19H18F4O2/c1-11(2)15-8-12(10-24)9-16(20)17(15)13-4-6-14(7-5-13)18(3,25)19(21,22)23/h4-11,25H,1-3H3. The Morgan fingerprint density at radius 1 is 1.08 bits per heavy atom. The topological polar surface area (TPSA) is 37.3 Å². The molecule has 0 spiro atoms. The smallest absolute Gasteiger partial charge is 0.376 e. The van der Waals surface area contributed by atoms with Crippen molar-refractivity contribution in [1.82, 2.24) is 0 Å². The van der Waals surface area contributed by atoms with Crippen LogP contribution in [0.25, 0.3) is 11.1 Å². The number of carbonyl (C=O) groups excluding carboxylic acids is 1. The van der Waals surface area contributed by atoms with Crippen LogP contribution in [0.15, 0.2) is 36.4 Å². The highest BCUT2D eigenvalue weighted by molar-refractivity contribution is 5.79. The lowest BCUT2D eigenvalue weighted by molar-refractivity contribution is -0.258. The minimum Gasteiger partial charge on any atom is -0.376 e. The minimum absolute atomic E-state index is 0.0950. The second-order valence-corrected chi connectivity index (χ2v) is 6.39. The van der Waals surface area contributed by atoms with Crippen LogP contribution in [-0.2, 0) is 5.60 Å². The van der Waals surface area contributed by atoms with Crippen molar-refractivity contribution in [2.24, 2.45) is 0 Å². The number of hydrogen-bond donors (Lipinski definition) is 1. The molecular weight excluding hydrogens is 336 g/mol. The Hall–Kier alpha value is -2.21. The molecule has 0 saturated heterocycles. The second-order valence-electron chi connectivity index (χ2n) is 6.39. The highest BCUT2D eigenvalue weighted by Crippen LogP contribution is 2.40. The molecule has 0 aromatic heterocycles. The van der Waals surface area contributed by atoms with E-state index in [-0.39, 0.29) is 22.6 Å². The number of alkyl halides is 3. The SMILES string of the molecule is CC(C)c1cc(C=O)cc(F)c1-c1ccc(C(C)(O)C(F)(F)F)cc1. The molecule has 1 N–H and O–H groups in total. The van der Waals surface area contributed by atoms with Crippen LogP contribution >= 0.6 is 0 Å². The molecular formula is C19H18F4O2. The Morgan fingerprint density at radius 2 is 1.64 bits per heavy atom. The average molecular weight is 354 g/mol. The first-order valence-electron chi connectivity index (χ1n) is 7.67. The van der Waals surface area contributed by atoms with Crippen molar-refractivity contribution < 1.29 is 27.5 Å². The molecule has 1 atom stereocenters. The van der Waals surface area contributed by atoms with Gasteiger partial charge in [0.05, 0.1) is 0 Å². The Balaban J connectivity index is 2.56. The zero-order valence-corrected chi connectivity index (χ0v) is 14.0. The average Bonchev–Trinajstić information content (AvgIpc) is 2.53. The molecule has 0 amide bonds. The fourth-order valence-corrected chi connectivity index (χ4v) is 2.60. The second kappa shape index (κ2) is 6.59. The summed E-state index contributed by atoms with van der Waals surface area (Å²) in [6.45, 7) is 4.33. The highest BCUT2D eigenvalue weighted by Gasteiger charge is 2.51. The number of hydrogen-bond acceptors (Lipinski definition) is 2. The first kappa shape index (κ1) is 19.1. The van der Waals surface area contributed by atoms with Crippen molar-refractivity contribution in [3.05, 3.63) is 58.9 Å². The lowest BCUT2D eigenvalue weighted by atomic mass is 9.88. The molecule has 134 valence electrons. The molecule has 0 aliphatic rings. The number of aldehydes is 1. The van der Waals surface area contributed by atoms with E-state index in [1.807, 2.05) is 13.8 Å². The van der Waals surface area contributed by atoms with Gasteiger partial charge >= 0.3 is 6.18 Å². The van der Waals surface area contributed by atoms with Gasteiger partial charge in [0.2, 0.25) is 0 Å². The van der Waals surface area contributed by atoms with Gasteiger partial charge in [-0.3, -0.25) is 4.79 Å². The predicted molar refractivity (Wildman–Crippen MR) is 86.9 cm³/mol. The summed E-state index contributed by atoms with van der Waals surface area (Å²) in [7, 11) is 0. The molecule has 0 aliphatic heterocycles. The van der Waals surface area contributed by atoms with Crippen LogP contribution in [0.5, 0.6) is 0 Å².